The highest BCUT2D eigenvalue weighted by Gasteiger charge is 2.46. The number of hydrogen-bond donors (Lipinski definition) is 1. The molecule has 102 valence electrons. The Labute approximate surface area is 117 Å². The van der Waals surface area contributed by atoms with Gasteiger partial charge in [0.1, 0.15) is 11.8 Å². The zero-order chi connectivity index (χ0) is 14.1. The summed E-state index contributed by atoms with van der Waals surface area (Å²) < 4.78 is 5.13. The second kappa shape index (κ2) is 4.98. The molecule has 0 aromatic heterocycles. The molecular weight excluding hydrogens is 252 g/mol. The van der Waals surface area contributed by atoms with Gasteiger partial charge in [-0.2, -0.15) is 0 Å². The smallest absolute Gasteiger partial charge is 0.247 e. The number of rotatable bonds is 3. The van der Waals surface area contributed by atoms with E-state index in [-0.39, 0.29) is 11.9 Å². The van der Waals surface area contributed by atoms with Gasteiger partial charge in [0.2, 0.25) is 5.91 Å². The van der Waals surface area contributed by atoms with E-state index in [9.17, 15) is 4.79 Å². The lowest BCUT2D eigenvalue weighted by atomic mass is 9.88. The van der Waals surface area contributed by atoms with Crippen LogP contribution in [0, 0.1) is 0 Å². The standard InChI is InChI=1S/C16H16N2O2/c1-20-13-9-7-12(8-10-13)18-15(14(17)16(18)19)11-5-3-2-4-6-11/h2-10,14-15H,17H2,1H3/t14-,15-/m0/s1. The second-order valence-corrected chi connectivity index (χ2v) is 4.79. The van der Waals surface area contributed by atoms with Crippen molar-refractivity contribution in [3.05, 3.63) is 60.2 Å². The third-order valence-corrected chi connectivity index (χ3v) is 3.63. The number of ether oxygens (including phenoxy) is 1. The van der Waals surface area contributed by atoms with Gasteiger partial charge in [-0.25, -0.2) is 0 Å². The van der Waals surface area contributed by atoms with Crippen LogP contribution in [0.3, 0.4) is 0 Å². The molecule has 0 spiro atoms. The van der Waals surface area contributed by atoms with Crippen molar-refractivity contribution in [2.75, 3.05) is 12.0 Å². The molecular formula is C16H16N2O2. The van der Waals surface area contributed by atoms with Crippen molar-refractivity contribution < 1.29 is 9.53 Å². The van der Waals surface area contributed by atoms with Gasteiger partial charge in [0.25, 0.3) is 0 Å². The number of β-lactam (4-membered cyclic amide) rings is 1. The number of anilines is 1. The monoisotopic (exact) mass is 268 g/mol. The summed E-state index contributed by atoms with van der Waals surface area (Å²) >= 11 is 0. The van der Waals surface area contributed by atoms with Gasteiger partial charge < -0.3 is 15.4 Å². The van der Waals surface area contributed by atoms with Crippen molar-refractivity contribution >= 4 is 11.6 Å². The molecule has 0 radical (unpaired) electrons. The quantitative estimate of drug-likeness (QED) is 0.867. The minimum Gasteiger partial charge on any atom is -0.497 e. The number of nitrogens with zero attached hydrogens (tertiary/aromatic N) is 1. The molecule has 0 saturated carbocycles. The molecule has 4 nitrogen and oxygen atoms in total. The van der Waals surface area contributed by atoms with Crippen molar-refractivity contribution in [2.45, 2.75) is 12.1 Å². The van der Waals surface area contributed by atoms with E-state index in [4.69, 9.17) is 10.5 Å². The maximum atomic E-state index is 12.1. The Balaban J connectivity index is 1.92. The van der Waals surface area contributed by atoms with Crippen LogP contribution in [0.1, 0.15) is 11.6 Å². The minimum atomic E-state index is -0.473. The third-order valence-electron chi connectivity index (χ3n) is 3.63. The number of methoxy groups -OCH3 is 1. The van der Waals surface area contributed by atoms with Crippen LogP contribution in [-0.4, -0.2) is 19.1 Å². The summed E-state index contributed by atoms with van der Waals surface area (Å²) in [6.07, 6.45) is 0. The maximum Gasteiger partial charge on any atom is 0.247 e. The van der Waals surface area contributed by atoms with Crippen LogP contribution in [-0.2, 0) is 4.79 Å². The summed E-state index contributed by atoms with van der Waals surface area (Å²) in [6.45, 7) is 0. The second-order valence-electron chi connectivity index (χ2n) is 4.79. The van der Waals surface area contributed by atoms with E-state index in [1.54, 1.807) is 12.0 Å². The molecule has 1 amide bonds. The van der Waals surface area contributed by atoms with Crippen LogP contribution in [0.15, 0.2) is 54.6 Å². The molecule has 1 aliphatic heterocycles. The van der Waals surface area contributed by atoms with Gasteiger partial charge in [-0.3, -0.25) is 4.79 Å². The van der Waals surface area contributed by atoms with Gasteiger partial charge in [-0.15, -0.1) is 0 Å². The van der Waals surface area contributed by atoms with E-state index in [2.05, 4.69) is 0 Å². The molecule has 3 rings (SSSR count). The Morgan fingerprint density at radius 3 is 2.30 bits per heavy atom. The summed E-state index contributed by atoms with van der Waals surface area (Å²) in [7, 11) is 1.62. The first-order valence-electron chi connectivity index (χ1n) is 6.50. The van der Waals surface area contributed by atoms with Crippen molar-refractivity contribution in [1.29, 1.82) is 0 Å². The normalized spacial score (nSPS) is 21.5. The van der Waals surface area contributed by atoms with Gasteiger partial charge >= 0.3 is 0 Å². The molecule has 0 bridgehead atoms. The zero-order valence-electron chi connectivity index (χ0n) is 11.2. The van der Waals surface area contributed by atoms with Crippen molar-refractivity contribution in [3.8, 4) is 5.75 Å². The Hall–Kier alpha value is -2.33. The van der Waals surface area contributed by atoms with Crippen LogP contribution in [0.25, 0.3) is 0 Å². The van der Waals surface area contributed by atoms with Gasteiger partial charge in [0.05, 0.1) is 13.2 Å². The van der Waals surface area contributed by atoms with E-state index in [1.165, 1.54) is 0 Å². The van der Waals surface area contributed by atoms with Crippen LogP contribution >= 0.6 is 0 Å². The number of nitrogens with two attached hydrogens (primary N) is 1. The van der Waals surface area contributed by atoms with Crippen molar-refractivity contribution in [3.63, 3.8) is 0 Å². The Kier molecular flexibility index (Phi) is 3.16. The zero-order valence-corrected chi connectivity index (χ0v) is 11.2. The highest BCUT2D eigenvalue weighted by Crippen LogP contribution is 2.38. The number of hydrogen-bond acceptors (Lipinski definition) is 3. The number of amides is 1. The molecule has 2 N–H and O–H groups in total. The average Bonchev–Trinajstić information content (AvgIpc) is 2.52. The largest absolute Gasteiger partial charge is 0.497 e. The number of benzene rings is 2. The maximum absolute atomic E-state index is 12.1. The minimum absolute atomic E-state index is 0.0518. The lowest BCUT2D eigenvalue weighted by Gasteiger charge is -2.45. The summed E-state index contributed by atoms with van der Waals surface area (Å²) in [4.78, 5) is 13.8. The fourth-order valence-electron chi connectivity index (χ4n) is 2.55. The third kappa shape index (κ3) is 1.94. The molecule has 0 unspecified atom stereocenters. The van der Waals surface area contributed by atoms with Gasteiger partial charge in [0.15, 0.2) is 0 Å². The van der Waals surface area contributed by atoms with Crippen LogP contribution in [0.5, 0.6) is 5.75 Å². The summed E-state index contributed by atoms with van der Waals surface area (Å²) in [5.41, 5.74) is 7.86. The van der Waals surface area contributed by atoms with Gasteiger partial charge in [-0.1, -0.05) is 30.3 Å². The topological polar surface area (TPSA) is 55.6 Å². The van der Waals surface area contributed by atoms with E-state index >= 15 is 0 Å². The molecule has 1 fully saturated rings. The Morgan fingerprint density at radius 2 is 1.70 bits per heavy atom. The molecule has 20 heavy (non-hydrogen) atoms. The highest BCUT2D eigenvalue weighted by molar-refractivity contribution is 6.05. The molecule has 1 heterocycles. The Morgan fingerprint density at radius 1 is 1.05 bits per heavy atom. The molecule has 0 aliphatic carbocycles. The van der Waals surface area contributed by atoms with Crippen molar-refractivity contribution in [2.24, 2.45) is 5.73 Å². The lowest BCUT2D eigenvalue weighted by molar-refractivity contribution is -0.126. The lowest BCUT2D eigenvalue weighted by Crippen LogP contribution is -2.63. The predicted octanol–water partition coefficient (Wildman–Crippen LogP) is 2.11. The van der Waals surface area contributed by atoms with Crippen molar-refractivity contribution in [1.82, 2.24) is 0 Å². The first-order chi connectivity index (χ1) is 9.72. The SMILES string of the molecule is COc1ccc(N2C(=O)[C@@H](N)[C@@H]2c2ccccc2)cc1. The van der Waals surface area contributed by atoms with E-state index in [0.717, 1.165) is 17.0 Å². The summed E-state index contributed by atoms with van der Waals surface area (Å²) in [5, 5.41) is 0. The van der Waals surface area contributed by atoms with E-state index in [0.29, 0.717) is 0 Å². The van der Waals surface area contributed by atoms with Crippen LogP contribution < -0.4 is 15.4 Å². The van der Waals surface area contributed by atoms with E-state index in [1.807, 2.05) is 54.6 Å². The average molecular weight is 268 g/mol. The first kappa shape index (κ1) is 12.7. The van der Waals surface area contributed by atoms with Crippen LogP contribution in [0.2, 0.25) is 0 Å². The van der Waals surface area contributed by atoms with Crippen LogP contribution in [0.4, 0.5) is 5.69 Å². The molecule has 2 atom stereocenters. The molecule has 4 heteroatoms. The van der Waals surface area contributed by atoms with Gasteiger partial charge in [-0.05, 0) is 29.8 Å². The van der Waals surface area contributed by atoms with Gasteiger partial charge in [0, 0.05) is 5.69 Å². The fourth-order valence-corrected chi connectivity index (χ4v) is 2.55. The highest BCUT2D eigenvalue weighted by atomic mass is 16.5. The van der Waals surface area contributed by atoms with E-state index < -0.39 is 6.04 Å². The fraction of sp³-hybridized carbons (Fsp3) is 0.188. The number of carbonyl (C=O) groups excluding carboxylic acids is 1. The molecule has 1 saturated heterocycles. The Bertz CT molecular complexity index is 610. The molecule has 2 aromatic rings. The predicted molar refractivity (Wildman–Crippen MR) is 77.6 cm³/mol. The molecule has 2 aromatic carbocycles. The molecule has 1 aliphatic rings. The number of carbonyl (C=O) groups is 1. The first-order valence-corrected chi connectivity index (χ1v) is 6.50. The summed E-state index contributed by atoms with van der Waals surface area (Å²) in [6, 6.07) is 16.7. The summed E-state index contributed by atoms with van der Waals surface area (Å²) in [5.74, 6) is 0.714.